The van der Waals surface area contributed by atoms with Crippen LogP contribution in [0.15, 0.2) is 22.8 Å². The Hall–Kier alpha value is -2.28. The summed E-state index contributed by atoms with van der Waals surface area (Å²) in [4.78, 5) is 8.66. The van der Waals surface area contributed by atoms with Gasteiger partial charge in [-0.25, -0.2) is 9.37 Å². The van der Waals surface area contributed by atoms with Crippen LogP contribution in [-0.2, 0) is 11.3 Å². The van der Waals surface area contributed by atoms with Crippen molar-refractivity contribution in [1.29, 1.82) is 5.26 Å². The standard InChI is InChI=1S/C18H19BrFN5O2/c1-10-7-22-18(23-13-4-12(8-26)16(19)14(20)5-13)25-17(10)24-15-9-27-3-2-11(15)6-21/h4-5,7,11,15,26H,2-3,8-9H2,1H3,(H2,22,23,24,25)/t11?,15-/m0/s1. The molecule has 1 aliphatic rings. The molecule has 7 nitrogen and oxygen atoms in total. The molecule has 1 aliphatic heterocycles. The number of anilines is 3. The van der Waals surface area contributed by atoms with Crippen LogP contribution in [0.3, 0.4) is 0 Å². The van der Waals surface area contributed by atoms with Gasteiger partial charge in [-0.05, 0) is 47.0 Å². The minimum absolute atomic E-state index is 0.155. The van der Waals surface area contributed by atoms with Gasteiger partial charge in [0.05, 0.1) is 35.7 Å². The van der Waals surface area contributed by atoms with Crippen molar-refractivity contribution >= 4 is 33.4 Å². The minimum Gasteiger partial charge on any atom is -0.392 e. The largest absolute Gasteiger partial charge is 0.392 e. The number of aliphatic hydroxyl groups excluding tert-OH is 1. The number of rotatable bonds is 5. The number of hydrogen-bond donors (Lipinski definition) is 3. The highest BCUT2D eigenvalue weighted by atomic mass is 79.9. The maximum absolute atomic E-state index is 14.0. The first kappa shape index (κ1) is 19.5. The van der Waals surface area contributed by atoms with Crippen LogP contribution in [-0.4, -0.2) is 34.3 Å². The van der Waals surface area contributed by atoms with E-state index in [2.05, 4.69) is 42.6 Å². The van der Waals surface area contributed by atoms with Gasteiger partial charge < -0.3 is 20.5 Å². The van der Waals surface area contributed by atoms with Gasteiger partial charge in [0.2, 0.25) is 5.95 Å². The molecule has 0 radical (unpaired) electrons. The van der Waals surface area contributed by atoms with Gasteiger partial charge in [0.25, 0.3) is 0 Å². The highest BCUT2D eigenvalue weighted by Crippen LogP contribution is 2.27. The van der Waals surface area contributed by atoms with Gasteiger partial charge in [-0.3, -0.25) is 0 Å². The molecule has 3 N–H and O–H groups in total. The van der Waals surface area contributed by atoms with E-state index in [1.165, 1.54) is 6.07 Å². The summed E-state index contributed by atoms with van der Waals surface area (Å²) in [5.41, 5.74) is 1.66. The molecule has 0 amide bonds. The molecule has 27 heavy (non-hydrogen) atoms. The van der Waals surface area contributed by atoms with Crippen LogP contribution in [0.1, 0.15) is 17.5 Å². The fraction of sp³-hybridized carbons (Fsp3) is 0.389. The second-order valence-electron chi connectivity index (χ2n) is 6.29. The third kappa shape index (κ3) is 4.53. The fourth-order valence-electron chi connectivity index (χ4n) is 2.82. The van der Waals surface area contributed by atoms with Crippen LogP contribution in [0.2, 0.25) is 0 Å². The van der Waals surface area contributed by atoms with E-state index in [-0.39, 0.29) is 29.0 Å². The molecule has 1 fully saturated rings. The summed E-state index contributed by atoms with van der Waals surface area (Å²) < 4.78 is 19.7. The third-order valence-electron chi connectivity index (χ3n) is 4.35. The molecule has 0 bridgehead atoms. The van der Waals surface area contributed by atoms with Gasteiger partial charge >= 0.3 is 0 Å². The van der Waals surface area contributed by atoms with E-state index in [1.54, 1.807) is 12.3 Å². The monoisotopic (exact) mass is 435 g/mol. The van der Waals surface area contributed by atoms with Crippen molar-refractivity contribution < 1.29 is 14.2 Å². The molecule has 3 rings (SSSR count). The lowest BCUT2D eigenvalue weighted by atomic mass is 9.96. The van der Waals surface area contributed by atoms with Gasteiger partial charge in [0, 0.05) is 24.1 Å². The van der Waals surface area contributed by atoms with E-state index >= 15 is 0 Å². The van der Waals surface area contributed by atoms with Gasteiger partial charge in [-0.2, -0.15) is 10.2 Å². The number of hydrogen-bond acceptors (Lipinski definition) is 7. The molecule has 2 atom stereocenters. The first-order valence-corrected chi connectivity index (χ1v) is 9.24. The smallest absolute Gasteiger partial charge is 0.229 e. The second kappa shape index (κ2) is 8.61. The molecule has 0 saturated carbocycles. The van der Waals surface area contributed by atoms with Crippen molar-refractivity contribution in [2.24, 2.45) is 5.92 Å². The molecule has 1 aromatic carbocycles. The highest BCUT2D eigenvalue weighted by Gasteiger charge is 2.26. The predicted octanol–water partition coefficient (Wildman–Crippen LogP) is 3.26. The number of benzene rings is 1. The van der Waals surface area contributed by atoms with E-state index < -0.39 is 5.82 Å². The Morgan fingerprint density at radius 2 is 2.30 bits per heavy atom. The molecule has 0 aliphatic carbocycles. The number of aryl methyl sites for hydroxylation is 1. The molecule has 142 valence electrons. The van der Waals surface area contributed by atoms with Crippen molar-refractivity contribution in [2.75, 3.05) is 23.8 Å². The summed E-state index contributed by atoms with van der Waals surface area (Å²) in [6, 6.07) is 5.05. The van der Waals surface area contributed by atoms with Crippen LogP contribution in [0.4, 0.5) is 21.8 Å². The quantitative estimate of drug-likeness (QED) is 0.661. The van der Waals surface area contributed by atoms with Gasteiger partial charge in [-0.15, -0.1) is 0 Å². The minimum atomic E-state index is -0.495. The van der Waals surface area contributed by atoms with Crippen LogP contribution in [0.5, 0.6) is 0 Å². The normalized spacial score (nSPS) is 19.4. The Bertz CT molecular complexity index is 874. The number of halogens is 2. The maximum atomic E-state index is 14.0. The number of nitriles is 1. The van der Waals surface area contributed by atoms with Crippen molar-refractivity contribution in [3.8, 4) is 6.07 Å². The van der Waals surface area contributed by atoms with E-state index in [4.69, 9.17) is 4.74 Å². The zero-order valence-corrected chi connectivity index (χ0v) is 16.3. The number of aliphatic hydroxyl groups is 1. The van der Waals surface area contributed by atoms with Crippen LogP contribution in [0.25, 0.3) is 0 Å². The van der Waals surface area contributed by atoms with Crippen molar-refractivity contribution in [1.82, 2.24) is 9.97 Å². The lowest BCUT2D eigenvalue weighted by molar-refractivity contribution is 0.0698. The summed E-state index contributed by atoms with van der Waals surface area (Å²) in [5, 5.41) is 24.9. The number of ether oxygens (including phenoxy) is 1. The Morgan fingerprint density at radius 1 is 1.48 bits per heavy atom. The molecule has 9 heteroatoms. The van der Waals surface area contributed by atoms with E-state index in [0.717, 1.165) is 5.56 Å². The van der Waals surface area contributed by atoms with Crippen LogP contribution in [0, 0.1) is 30.0 Å². The Kier molecular flexibility index (Phi) is 6.21. The Balaban J connectivity index is 1.81. The third-order valence-corrected chi connectivity index (χ3v) is 5.23. The van der Waals surface area contributed by atoms with Crippen molar-refractivity contribution in [2.45, 2.75) is 26.0 Å². The maximum Gasteiger partial charge on any atom is 0.229 e. The number of nitrogens with zero attached hydrogens (tertiary/aromatic N) is 3. The first-order chi connectivity index (χ1) is 13.0. The Labute approximate surface area is 164 Å². The lowest BCUT2D eigenvalue weighted by Crippen LogP contribution is -2.38. The summed E-state index contributed by atoms with van der Waals surface area (Å²) in [6.45, 7) is 2.57. The van der Waals surface area contributed by atoms with Crippen LogP contribution < -0.4 is 10.6 Å². The average molecular weight is 436 g/mol. The highest BCUT2D eigenvalue weighted by molar-refractivity contribution is 9.10. The SMILES string of the molecule is Cc1cnc(Nc2cc(F)c(Br)c(CO)c2)nc1N[C@H]1COCCC1C#N. The number of nitrogens with one attached hydrogen (secondary N) is 2. The van der Waals surface area contributed by atoms with Gasteiger partial charge in [-0.1, -0.05) is 0 Å². The van der Waals surface area contributed by atoms with Crippen LogP contribution >= 0.6 is 15.9 Å². The van der Waals surface area contributed by atoms with Gasteiger partial charge in [0.1, 0.15) is 11.6 Å². The van der Waals surface area contributed by atoms with Crippen molar-refractivity contribution in [3.63, 3.8) is 0 Å². The fourth-order valence-corrected chi connectivity index (χ4v) is 3.18. The van der Waals surface area contributed by atoms with Crippen molar-refractivity contribution in [3.05, 3.63) is 39.7 Å². The summed E-state index contributed by atoms with van der Waals surface area (Å²) >= 11 is 3.11. The van der Waals surface area contributed by atoms with E-state index in [1.807, 2.05) is 6.92 Å². The molecular weight excluding hydrogens is 417 g/mol. The molecular formula is C18H19BrFN5O2. The van der Waals surface area contributed by atoms with E-state index in [0.29, 0.717) is 36.7 Å². The average Bonchev–Trinajstić information content (AvgIpc) is 2.67. The second-order valence-corrected chi connectivity index (χ2v) is 7.08. The van der Waals surface area contributed by atoms with Gasteiger partial charge in [0.15, 0.2) is 0 Å². The molecule has 1 unspecified atom stereocenters. The van der Waals surface area contributed by atoms with E-state index in [9.17, 15) is 14.8 Å². The summed E-state index contributed by atoms with van der Waals surface area (Å²) in [5.74, 6) is 0.213. The molecule has 2 aromatic rings. The molecule has 0 spiro atoms. The number of aromatic nitrogens is 2. The zero-order chi connectivity index (χ0) is 19.4. The molecule has 1 aromatic heterocycles. The lowest BCUT2D eigenvalue weighted by Gasteiger charge is -2.28. The summed E-state index contributed by atoms with van der Waals surface area (Å²) in [6.07, 6.45) is 2.32. The zero-order valence-electron chi connectivity index (χ0n) is 14.7. The summed E-state index contributed by atoms with van der Waals surface area (Å²) in [7, 11) is 0. The Morgan fingerprint density at radius 3 is 3.04 bits per heavy atom. The predicted molar refractivity (Wildman–Crippen MR) is 102 cm³/mol. The first-order valence-electron chi connectivity index (χ1n) is 8.45. The molecule has 1 saturated heterocycles. The topological polar surface area (TPSA) is 103 Å². The molecule has 2 heterocycles.